The van der Waals surface area contributed by atoms with Gasteiger partial charge in [-0.1, -0.05) is 18.2 Å². The molecule has 2 aliphatic rings. The summed E-state index contributed by atoms with van der Waals surface area (Å²) in [6.07, 6.45) is 10.6. The molecular weight excluding hydrogens is 903 g/mol. The Hall–Kier alpha value is -3.84. The third-order valence-electron chi connectivity index (χ3n) is 11.3. The highest BCUT2D eigenvalue weighted by molar-refractivity contribution is 7.89. The number of benzene rings is 2. The number of sulfonamides is 1. The van der Waals surface area contributed by atoms with Crippen molar-refractivity contribution in [3.63, 3.8) is 0 Å². The molecule has 0 bridgehead atoms. The van der Waals surface area contributed by atoms with Gasteiger partial charge in [-0.15, -0.1) is 0 Å². The van der Waals surface area contributed by atoms with Crippen LogP contribution < -0.4 is 9.62 Å². The lowest BCUT2D eigenvalue weighted by Crippen LogP contribution is -2.32. The maximum atomic E-state index is 13.4. The van der Waals surface area contributed by atoms with E-state index in [1.54, 1.807) is 49.4 Å². The van der Waals surface area contributed by atoms with Crippen LogP contribution in [0.5, 0.6) is 0 Å². The summed E-state index contributed by atoms with van der Waals surface area (Å²) in [5.74, 6) is -2.12. The van der Waals surface area contributed by atoms with Gasteiger partial charge in [0.05, 0.1) is 44.3 Å². The number of aliphatic carboxylic acids is 1. The molecule has 4 rings (SSSR count). The first-order valence-corrected chi connectivity index (χ1v) is 26.3. The molecule has 0 spiro atoms. The van der Waals surface area contributed by atoms with Crippen LogP contribution in [0.15, 0.2) is 82.3 Å². The molecule has 0 aromatic heterocycles. The van der Waals surface area contributed by atoms with E-state index in [1.165, 1.54) is 38.5 Å². The number of carboxylic acids is 1. The average molecular weight is 960 g/mol. The molecule has 2 aromatic rings. The number of unbranched alkanes of at least 4 members (excludes halogenated alkanes) is 2. The summed E-state index contributed by atoms with van der Waals surface area (Å²) in [6, 6.07) is 8.84. The van der Waals surface area contributed by atoms with Crippen LogP contribution in [0.3, 0.4) is 0 Å². The lowest BCUT2D eigenvalue weighted by molar-refractivity contribution is -0.438. The van der Waals surface area contributed by atoms with Crippen molar-refractivity contribution in [3.05, 3.63) is 83.6 Å². The van der Waals surface area contributed by atoms with Crippen molar-refractivity contribution in [2.24, 2.45) is 0 Å². The molecule has 0 radical (unpaired) electrons. The summed E-state index contributed by atoms with van der Waals surface area (Å²) in [5, 5.41) is 9.18. The molecule has 4 N–H and O–H groups in total. The molecule has 18 nitrogen and oxygen atoms in total. The summed E-state index contributed by atoms with van der Waals surface area (Å²) in [5.41, 5.74) is 1.63. The Morgan fingerprint density at radius 3 is 2.10 bits per heavy atom. The van der Waals surface area contributed by atoms with Crippen molar-refractivity contribution in [1.29, 1.82) is 0 Å². The van der Waals surface area contributed by atoms with Crippen LogP contribution in [0.25, 0.3) is 0 Å². The predicted molar refractivity (Wildman–Crippen MR) is 235 cm³/mol. The van der Waals surface area contributed by atoms with Gasteiger partial charge < -0.3 is 24.0 Å². The molecule has 0 amide bonds. The van der Waals surface area contributed by atoms with E-state index < -0.39 is 68.7 Å². The van der Waals surface area contributed by atoms with E-state index >= 15 is 0 Å². The molecule has 2 atom stereocenters. The van der Waals surface area contributed by atoms with Crippen LogP contribution >= 0.6 is 0 Å². The lowest BCUT2D eigenvalue weighted by Gasteiger charge is -2.30. The fraction of sp³-hybridized carbons (Fsp3) is 0.512. The van der Waals surface area contributed by atoms with Gasteiger partial charge in [-0.3, -0.25) is 13.9 Å². The van der Waals surface area contributed by atoms with Gasteiger partial charge in [0.1, 0.15) is 6.54 Å². The maximum Gasteiger partial charge on any atom is 0.303 e. The highest BCUT2D eigenvalue weighted by Gasteiger charge is 2.48. The molecule has 2 heterocycles. The second-order valence-corrected chi connectivity index (χ2v) is 22.1. The Labute approximate surface area is 370 Å². The second kappa shape index (κ2) is 21.4. The fourth-order valence-electron chi connectivity index (χ4n) is 8.23. The third kappa shape index (κ3) is 13.6. The topological polar surface area (TPSA) is 274 Å². The van der Waals surface area contributed by atoms with Crippen LogP contribution in [0.4, 0.5) is 11.4 Å². The Morgan fingerprint density at radius 2 is 1.46 bits per heavy atom. The van der Waals surface area contributed by atoms with E-state index in [4.69, 9.17) is 9.47 Å². The number of anilines is 1. The largest absolute Gasteiger partial charge is 0.748 e. The van der Waals surface area contributed by atoms with Crippen molar-refractivity contribution >= 4 is 63.4 Å². The minimum atomic E-state index is -4.61. The van der Waals surface area contributed by atoms with Crippen LogP contribution in [-0.4, -0.2) is 127 Å². The number of carbonyl (C=O) groups is 1. The van der Waals surface area contributed by atoms with Crippen LogP contribution in [-0.2, 0) is 65.5 Å². The Balaban J connectivity index is 1.84. The molecule has 0 aliphatic carbocycles. The van der Waals surface area contributed by atoms with Crippen molar-refractivity contribution in [3.8, 4) is 0 Å². The number of hydrogen-bond acceptors (Lipinski definition) is 13. The number of nitrogens with zero attached hydrogens (tertiary/aromatic N) is 2. The van der Waals surface area contributed by atoms with Crippen LogP contribution in [0.1, 0.15) is 76.3 Å². The zero-order chi connectivity index (χ0) is 46.9. The number of nitrogens with one attached hydrogen (secondary N) is 1. The number of allylic oxidation sites excluding steroid dienone is 6. The van der Waals surface area contributed by atoms with Gasteiger partial charge >= 0.3 is 5.97 Å². The number of hydrogen-bond donors (Lipinski definition) is 4. The molecule has 0 saturated heterocycles. The van der Waals surface area contributed by atoms with E-state index in [1.807, 2.05) is 16.4 Å². The zero-order valence-electron chi connectivity index (χ0n) is 35.7. The van der Waals surface area contributed by atoms with Gasteiger partial charge in [0.25, 0.3) is 20.2 Å². The number of carboxylic acid groups (broad SMARTS) is 1. The minimum absolute atomic E-state index is 0.00737. The Kier molecular flexibility index (Phi) is 17.6. The molecule has 0 fully saturated rings. The summed E-state index contributed by atoms with van der Waals surface area (Å²) in [7, 11) is -14.6. The maximum absolute atomic E-state index is 13.4. The molecule has 2 aromatic carbocycles. The van der Waals surface area contributed by atoms with Gasteiger partial charge in [0.15, 0.2) is 5.71 Å². The van der Waals surface area contributed by atoms with E-state index in [0.29, 0.717) is 66.3 Å². The van der Waals surface area contributed by atoms with Gasteiger partial charge in [-0.05, 0) is 94.3 Å². The van der Waals surface area contributed by atoms with Crippen LogP contribution in [0.2, 0.25) is 0 Å². The summed E-state index contributed by atoms with van der Waals surface area (Å²) < 4.78 is 144. The van der Waals surface area contributed by atoms with Crippen LogP contribution in [0, 0.1) is 0 Å². The van der Waals surface area contributed by atoms with E-state index in [0.717, 1.165) is 0 Å². The summed E-state index contributed by atoms with van der Waals surface area (Å²) >= 11 is 0. The standard InChI is InChI=1S/C41H57N3O15S4/c1-40(20-11-27-60(47,48)49)33-29-31(62(53,54)42-22-25-58-3)16-18-35(33)43(23-10-6-9-15-39(45)46)37(40)13-7-5-8-14-38-41(2,21-12-28-61(50,51)52)34-30-32(63(55,56)57)17-19-36(34)44(38)24-26-59-4/h5,7-8,13-14,16-19,29-30,42H,6,9-12,15,20-28H2,1-4H3,(H3-,45,46,47,48,49,50,51,52,55,56,57). The van der Waals surface area contributed by atoms with Crippen molar-refractivity contribution in [2.45, 2.75) is 85.8 Å². The third-order valence-corrected chi connectivity index (χ3v) is 15.2. The molecular formula is C41H57N3O15S4. The molecule has 63 heavy (non-hydrogen) atoms. The van der Waals surface area contributed by atoms with Gasteiger partial charge in [-0.2, -0.15) is 21.4 Å². The zero-order valence-corrected chi connectivity index (χ0v) is 39.0. The molecule has 2 unspecified atom stereocenters. The van der Waals surface area contributed by atoms with Crippen molar-refractivity contribution in [2.75, 3.05) is 63.5 Å². The van der Waals surface area contributed by atoms with Crippen molar-refractivity contribution in [1.82, 2.24) is 4.72 Å². The lowest BCUT2D eigenvalue weighted by atomic mass is 9.76. The van der Waals surface area contributed by atoms with E-state index in [-0.39, 0.29) is 61.7 Å². The molecule has 350 valence electrons. The number of methoxy groups -OCH3 is 2. The first-order chi connectivity index (χ1) is 29.4. The van der Waals surface area contributed by atoms with Gasteiger partial charge in [-0.25, -0.2) is 21.6 Å². The highest BCUT2D eigenvalue weighted by atomic mass is 32.2. The number of rotatable bonds is 26. The van der Waals surface area contributed by atoms with E-state index in [9.17, 15) is 57.2 Å². The monoisotopic (exact) mass is 959 g/mol. The smallest absolute Gasteiger partial charge is 0.303 e. The number of fused-ring (bicyclic) bond motifs is 2. The van der Waals surface area contributed by atoms with E-state index in [2.05, 4.69) is 4.72 Å². The minimum Gasteiger partial charge on any atom is -0.748 e. The predicted octanol–water partition coefficient (Wildman–Crippen LogP) is 4.27. The van der Waals surface area contributed by atoms with Gasteiger partial charge in [0.2, 0.25) is 15.7 Å². The fourth-order valence-corrected chi connectivity index (χ4v) is 10.8. The second-order valence-electron chi connectivity index (χ2n) is 15.8. The SMILES string of the molecule is COCCNS(=O)(=O)c1ccc2c(c1)C(C)(CCCS(=O)(=O)[O-])C(/C=C/C=C/C=C1/N(CCOC)c3ccc(S(=O)(=O)O)cc3C1(C)CCCS(=O)(=O)O)=[N+]2CCCCCC(=O)O. The van der Waals surface area contributed by atoms with Crippen molar-refractivity contribution < 1.29 is 71.3 Å². The Bertz CT molecular complexity index is 2570. The summed E-state index contributed by atoms with van der Waals surface area (Å²) in [6.45, 7) is 4.77. The highest BCUT2D eigenvalue weighted by Crippen LogP contribution is 2.51. The summed E-state index contributed by atoms with van der Waals surface area (Å²) in [4.78, 5) is 12.7. The average Bonchev–Trinajstić information content (AvgIpc) is 3.54. The normalized spacial score (nSPS) is 20.1. The quantitative estimate of drug-likeness (QED) is 0.0444. The number of ether oxygens (including phenoxy) is 2. The Morgan fingerprint density at radius 1 is 0.810 bits per heavy atom. The van der Waals surface area contributed by atoms with Gasteiger partial charge in [0, 0.05) is 80.4 Å². The first-order valence-electron chi connectivity index (χ1n) is 20.2. The molecule has 22 heteroatoms. The first kappa shape index (κ1) is 51.8. The molecule has 2 aliphatic heterocycles. The molecule has 0 saturated carbocycles.